The van der Waals surface area contributed by atoms with Crippen molar-refractivity contribution in [2.75, 3.05) is 24.6 Å². The van der Waals surface area contributed by atoms with E-state index in [0.717, 1.165) is 57.1 Å². The fourth-order valence-electron chi connectivity index (χ4n) is 3.19. The first kappa shape index (κ1) is 32.0. The average Bonchev–Trinajstić information content (AvgIpc) is 2.90. The van der Waals surface area contributed by atoms with Gasteiger partial charge in [0.15, 0.2) is 0 Å². The molecule has 0 heterocycles. The molecule has 6 heteroatoms. The number of benzene rings is 1. The van der Waals surface area contributed by atoms with Crippen LogP contribution in [0.5, 0.6) is 5.75 Å². The van der Waals surface area contributed by atoms with Crippen molar-refractivity contribution in [1.82, 2.24) is 10.6 Å². The normalized spacial score (nSPS) is 12.0. The summed E-state index contributed by atoms with van der Waals surface area (Å²) in [6, 6.07) is 6.38. The number of carbonyl (C=O) groups is 2. The Balaban J connectivity index is 1.91. The second kappa shape index (κ2) is 23.4. The molecule has 37 heavy (non-hydrogen) atoms. The number of hydrogen-bond acceptors (Lipinski definition) is 4. The van der Waals surface area contributed by atoms with E-state index in [0.29, 0.717) is 18.8 Å². The van der Waals surface area contributed by atoms with Gasteiger partial charge < -0.3 is 15.7 Å². The van der Waals surface area contributed by atoms with Gasteiger partial charge in [0, 0.05) is 13.1 Å². The molecule has 0 aromatic heterocycles. The smallest absolute Gasteiger partial charge is 0.255 e. The summed E-state index contributed by atoms with van der Waals surface area (Å²) >= 11 is 1.63. The van der Waals surface area contributed by atoms with Gasteiger partial charge in [-0.1, -0.05) is 79.8 Å². The number of hydrogen-bond donors (Lipinski definition) is 3. The van der Waals surface area contributed by atoms with E-state index in [2.05, 4.69) is 78.3 Å². The SMILES string of the molecule is CC/C=C\C/C=C\C/C=C\C/C=C\C/C=C\CCCCSCC(=O)NCCNC(=O)c1ccccc1O. The lowest BCUT2D eigenvalue weighted by molar-refractivity contribution is -0.118. The summed E-state index contributed by atoms with van der Waals surface area (Å²) in [5, 5.41) is 15.2. The molecule has 0 bridgehead atoms. The van der Waals surface area contributed by atoms with Gasteiger partial charge in [0.25, 0.3) is 5.91 Å². The van der Waals surface area contributed by atoms with Crippen molar-refractivity contribution in [3.8, 4) is 5.75 Å². The number of rotatable bonds is 20. The third-order valence-electron chi connectivity index (χ3n) is 5.18. The van der Waals surface area contributed by atoms with Crippen molar-refractivity contribution < 1.29 is 14.7 Å². The number of allylic oxidation sites excluding steroid dienone is 10. The lowest BCUT2D eigenvalue weighted by Gasteiger charge is -2.08. The maximum Gasteiger partial charge on any atom is 0.255 e. The quantitative estimate of drug-likeness (QED) is 0.128. The molecule has 1 aromatic rings. The Bertz CT molecular complexity index is 903. The summed E-state index contributed by atoms with van der Waals surface area (Å²) in [6.45, 7) is 2.83. The van der Waals surface area contributed by atoms with Gasteiger partial charge in [-0.15, -0.1) is 0 Å². The number of aromatic hydroxyl groups is 1. The summed E-state index contributed by atoms with van der Waals surface area (Å²) in [4.78, 5) is 23.9. The van der Waals surface area contributed by atoms with E-state index < -0.39 is 0 Å². The summed E-state index contributed by atoms with van der Waals surface area (Å²) < 4.78 is 0. The second-order valence-corrected chi connectivity index (χ2v) is 9.48. The lowest BCUT2D eigenvalue weighted by atomic mass is 10.2. The van der Waals surface area contributed by atoms with Crippen LogP contribution in [0.2, 0.25) is 0 Å². The molecule has 0 fully saturated rings. The highest BCUT2D eigenvalue weighted by Crippen LogP contribution is 2.14. The minimum absolute atomic E-state index is 0.0281. The number of phenols is 1. The van der Waals surface area contributed by atoms with Gasteiger partial charge in [0.05, 0.1) is 11.3 Å². The van der Waals surface area contributed by atoms with Crippen LogP contribution in [0.3, 0.4) is 0 Å². The van der Waals surface area contributed by atoms with Crippen molar-refractivity contribution >= 4 is 23.6 Å². The Hall–Kier alpha value is -2.99. The van der Waals surface area contributed by atoms with Gasteiger partial charge in [0.2, 0.25) is 5.91 Å². The molecule has 202 valence electrons. The largest absolute Gasteiger partial charge is 0.507 e. The molecule has 0 aliphatic carbocycles. The highest BCUT2D eigenvalue weighted by atomic mass is 32.2. The van der Waals surface area contributed by atoms with Gasteiger partial charge in [-0.3, -0.25) is 9.59 Å². The van der Waals surface area contributed by atoms with E-state index >= 15 is 0 Å². The molecule has 1 rings (SSSR count). The third-order valence-corrected chi connectivity index (χ3v) is 6.23. The Morgan fingerprint density at radius 3 is 1.97 bits per heavy atom. The molecule has 0 atom stereocenters. The zero-order chi connectivity index (χ0) is 26.8. The Kier molecular flexibility index (Phi) is 20.3. The Labute approximate surface area is 227 Å². The van der Waals surface area contributed by atoms with Gasteiger partial charge in [-0.2, -0.15) is 11.8 Å². The Morgan fingerprint density at radius 1 is 0.784 bits per heavy atom. The van der Waals surface area contributed by atoms with Crippen molar-refractivity contribution in [2.45, 2.75) is 58.3 Å². The second-order valence-electron chi connectivity index (χ2n) is 8.38. The number of amides is 2. The first-order valence-corrected chi connectivity index (χ1v) is 14.5. The van der Waals surface area contributed by atoms with Crippen LogP contribution in [0.25, 0.3) is 0 Å². The number of para-hydroxylation sites is 1. The van der Waals surface area contributed by atoms with Crippen LogP contribution in [0.4, 0.5) is 0 Å². The zero-order valence-corrected chi connectivity index (χ0v) is 23.1. The Morgan fingerprint density at radius 2 is 1.35 bits per heavy atom. The summed E-state index contributed by atoms with van der Waals surface area (Å²) in [5.41, 5.74) is 0.231. The van der Waals surface area contributed by atoms with E-state index in [1.165, 1.54) is 6.07 Å². The van der Waals surface area contributed by atoms with Gasteiger partial charge in [0.1, 0.15) is 5.75 Å². The first-order valence-electron chi connectivity index (χ1n) is 13.3. The summed E-state index contributed by atoms with van der Waals surface area (Å²) in [5.74, 6) is 0.952. The molecule has 0 aliphatic heterocycles. The number of phenolic OH excluding ortho intramolecular Hbond substituents is 1. The first-order chi connectivity index (χ1) is 18.1. The van der Waals surface area contributed by atoms with Crippen molar-refractivity contribution in [3.63, 3.8) is 0 Å². The highest BCUT2D eigenvalue weighted by molar-refractivity contribution is 7.99. The number of nitrogens with one attached hydrogen (secondary N) is 2. The molecule has 0 saturated heterocycles. The number of unbranched alkanes of at least 4 members (excludes halogenated alkanes) is 2. The monoisotopic (exact) mass is 524 g/mol. The average molecular weight is 525 g/mol. The van der Waals surface area contributed by atoms with Crippen molar-refractivity contribution in [2.24, 2.45) is 0 Å². The summed E-state index contributed by atoms with van der Waals surface area (Å²) in [6.07, 6.45) is 30.4. The van der Waals surface area contributed by atoms with Gasteiger partial charge >= 0.3 is 0 Å². The third kappa shape index (κ3) is 18.9. The van der Waals surface area contributed by atoms with E-state index in [-0.39, 0.29) is 23.1 Å². The minimum atomic E-state index is -0.353. The molecule has 2 amide bonds. The van der Waals surface area contributed by atoms with Crippen LogP contribution in [-0.2, 0) is 4.79 Å². The predicted molar refractivity (Wildman–Crippen MR) is 159 cm³/mol. The van der Waals surface area contributed by atoms with Crippen molar-refractivity contribution in [3.05, 3.63) is 90.6 Å². The molecule has 0 radical (unpaired) electrons. The van der Waals surface area contributed by atoms with Crippen LogP contribution < -0.4 is 10.6 Å². The molecule has 5 nitrogen and oxygen atoms in total. The predicted octanol–water partition coefficient (Wildman–Crippen LogP) is 6.89. The molecule has 0 saturated carbocycles. The molecule has 3 N–H and O–H groups in total. The maximum absolute atomic E-state index is 12.0. The molecule has 0 aliphatic rings. The van der Waals surface area contributed by atoms with Gasteiger partial charge in [-0.25, -0.2) is 0 Å². The number of carbonyl (C=O) groups excluding carboxylic acids is 2. The highest BCUT2D eigenvalue weighted by Gasteiger charge is 2.09. The van der Waals surface area contributed by atoms with Crippen LogP contribution in [-0.4, -0.2) is 41.5 Å². The van der Waals surface area contributed by atoms with Crippen LogP contribution in [0, 0.1) is 0 Å². The van der Waals surface area contributed by atoms with E-state index in [1.54, 1.807) is 30.0 Å². The molecule has 0 spiro atoms. The molecular formula is C31H44N2O3S. The fraction of sp³-hybridized carbons (Fsp3) is 0.419. The lowest BCUT2D eigenvalue weighted by Crippen LogP contribution is -2.35. The zero-order valence-electron chi connectivity index (χ0n) is 22.2. The fourth-order valence-corrected chi connectivity index (χ4v) is 4.03. The van der Waals surface area contributed by atoms with E-state index in [1.807, 2.05) is 0 Å². The minimum Gasteiger partial charge on any atom is -0.507 e. The van der Waals surface area contributed by atoms with Crippen LogP contribution in [0.15, 0.2) is 85.0 Å². The standard InChI is InChI=1S/C31H44N2O3S/c1-2-3-4-5-6-7-8-9-10-11-12-13-14-15-16-17-18-21-26-37-27-30(35)32-24-25-33-31(36)28-22-19-20-23-29(28)34/h3-4,6-7,9-10,12-13,15-16,19-20,22-23,34H,2,5,8,11,14,17-18,21,24-27H2,1H3,(H,32,35)(H,33,36)/b4-3-,7-6-,10-9-,13-12-,16-15-. The topological polar surface area (TPSA) is 78.4 Å². The van der Waals surface area contributed by atoms with E-state index in [4.69, 9.17) is 0 Å². The number of thioether (sulfide) groups is 1. The van der Waals surface area contributed by atoms with Crippen molar-refractivity contribution in [1.29, 1.82) is 0 Å². The van der Waals surface area contributed by atoms with Crippen LogP contribution >= 0.6 is 11.8 Å². The van der Waals surface area contributed by atoms with Gasteiger partial charge in [-0.05, 0) is 69.3 Å². The molecular weight excluding hydrogens is 480 g/mol. The maximum atomic E-state index is 12.0. The summed E-state index contributed by atoms with van der Waals surface area (Å²) in [7, 11) is 0. The molecule has 0 unspecified atom stereocenters. The molecule has 1 aromatic carbocycles. The van der Waals surface area contributed by atoms with Crippen LogP contribution in [0.1, 0.15) is 68.6 Å². The van der Waals surface area contributed by atoms with E-state index in [9.17, 15) is 14.7 Å².